The number of halogens is 2. The van der Waals surface area contributed by atoms with Crippen LogP contribution in [0.1, 0.15) is 25.2 Å². The first-order valence-corrected chi connectivity index (χ1v) is 7.56. The summed E-state index contributed by atoms with van der Waals surface area (Å²) in [6, 6.07) is 8.09. The molecule has 0 atom stereocenters. The summed E-state index contributed by atoms with van der Waals surface area (Å²) in [6.45, 7) is 5.66. The molecule has 5 heteroatoms. The van der Waals surface area contributed by atoms with Gasteiger partial charge in [-0.05, 0) is 37.6 Å². The lowest BCUT2D eigenvalue weighted by Crippen LogP contribution is -2.08. The molecule has 0 unspecified atom stereocenters. The van der Waals surface area contributed by atoms with Crippen molar-refractivity contribution >= 4 is 33.2 Å². The lowest BCUT2D eigenvalue weighted by atomic mass is 10.3. The molecule has 0 amide bonds. The van der Waals surface area contributed by atoms with Crippen LogP contribution in [-0.2, 0) is 19.5 Å². The van der Waals surface area contributed by atoms with Crippen LogP contribution in [-0.4, -0.2) is 9.78 Å². The van der Waals surface area contributed by atoms with E-state index in [0.717, 1.165) is 39.5 Å². The van der Waals surface area contributed by atoms with E-state index in [1.165, 1.54) is 0 Å². The molecule has 0 aliphatic carbocycles. The van der Waals surface area contributed by atoms with Gasteiger partial charge in [0.05, 0.1) is 23.0 Å². The van der Waals surface area contributed by atoms with Gasteiger partial charge in [0, 0.05) is 16.7 Å². The SMILES string of the molecule is CCc1nn(CC)c(CNc2ccc(Br)cc2)c1Cl. The van der Waals surface area contributed by atoms with Crippen LogP contribution >= 0.6 is 27.5 Å². The lowest BCUT2D eigenvalue weighted by Gasteiger charge is -2.08. The van der Waals surface area contributed by atoms with E-state index >= 15 is 0 Å². The van der Waals surface area contributed by atoms with Crippen LogP contribution in [0.15, 0.2) is 28.7 Å². The zero-order chi connectivity index (χ0) is 13.8. The van der Waals surface area contributed by atoms with Crippen molar-refractivity contribution in [2.75, 3.05) is 5.32 Å². The molecule has 0 saturated heterocycles. The maximum absolute atomic E-state index is 6.37. The fourth-order valence-electron chi connectivity index (χ4n) is 1.94. The highest BCUT2D eigenvalue weighted by atomic mass is 79.9. The predicted molar refractivity (Wildman–Crippen MR) is 83.8 cm³/mol. The van der Waals surface area contributed by atoms with Crippen molar-refractivity contribution in [3.8, 4) is 0 Å². The number of benzene rings is 1. The molecule has 3 nitrogen and oxygen atoms in total. The fourth-order valence-corrected chi connectivity index (χ4v) is 2.54. The zero-order valence-electron chi connectivity index (χ0n) is 11.1. The molecule has 19 heavy (non-hydrogen) atoms. The van der Waals surface area contributed by atoms with Crippen LogP contribution < -0.4 is 5.32 Å². The lowest BCUT2D eigenvalue weighted by molar-refractivity contribution is 0.619. The Morgan fingerprint density at radius 2 is 1.95 bits per heavy atom. The molecule has 0 bridgehead atoms. The summed E-state index contributed by atoms with van der Waals surface area (Å²) in [4.78, 5) is 0. The molecule has 0 radical (unpaired) electrons. The minimum atomic E-state index is 0.682. The van der Waals surface area contributed by atoms with Crippen molar-refractivity contribution in [3.63, 3.8) is 0 Å². The summed E-state index contributed by atoms with van der Waals surface area (Å²) in [5.74, 6) is 0. The van der Waals surface area contributed by atoms with Crippen LogP contribution in [0.4, 0.5) is 5.69 Å². The van der Waals surface area contributed by atoms with Crippen LogP contribution in [0.2, 0.25) is 5.02 Å². The van der Waals surface area contributed by atoms with Gasteiger partial charge in [0.15, 0.2) is 0 Å². The second kappa shape index (κ2) is 6.44. The van der Waals surface area contributed by atoms with Gasteiger partial charge >= 0.3 is 0 Å². The van der Waals surface area contributed by atoms with Crippen molar-refractivity contribution in [1.82, 2.24) is 9.78 Å². The quantitative estimate of drug-likeness (QED) is 0.867. The molecule has 1 aromatic heterocycles. The average Bonchev–Trinajstić information content (AvgIpc) is 2.74. The largest absolute Gasteiger partial charge is 0.379 e. The fraction of sp³-hybridized carbons (Fsp3) is 0.357. The number of hydrogen-bond donors (Lipinski definition) is 1. The topological polar surface area (TPSA) is 29.9 Å². The van der Waals surface area contributed by atoms with Crippen LogP contribution in [0.25, 0.3) is 0 Å². The Labute approximate surface area is 127 Å². The maximum atomic E-state index is 6.37. The van der Waals surface area contributed by atoms with Gasteiger partial charge in [-0.15, -0.1) is 0 Å². The van der Waals surface area contributed by atoms with E-state index < -0.39 is 0 Å². The molecule has 0 aliphatic rings. The van der Waals surface area contributed by atoms with E-state index in [9.17, 15) is 0 Å². The highest BCUT2D eigenvalue weighted by Gasteiger charge is 2.13. The van der Waals surface area contributed by atoms with Crippen molar-refractivity contribution in [2.45, 2.75) is 33.4 Å². The minimum Gasteiger partial charge on any atom is -0.379 e. The number of nitrogens with zero attached hydrogens (tertiary/aromatic N) is 2. The summed E-state index contributed by atoms with van der Waals surface area (Å²) < 4.78 is 3.04. The number of aromatic nitrogens is 2. The number of hydrogen-bond acceptors (Lipinski definition) is 2. The van der Waals surface area contributed by atoms with Gasteiger partial charge in [-0.2, -0.15) is 5.10 Å². The van der Waals surface area contributed by atoms with Crippen molar-refractivity contribution in [3.05, 3.63) is 45.1 Å². The van der Waals surface area contributed by atoms with Crippen LogP contribution in [0.3, 0.4) is 0 Å². The number of anilines is 1. The first kappa shape index (κ1) is 14.4. The van der Waals surface area contributed by atoms with Gasteiger partial charge in [0.25, 0.3) is 0 Å². The molecule has 0 aliphatic heterocycles. The molecule has 1 aromatic carbocycles. The molecular weight excluding hydrogens is 326 g/mol. The van der Waals surface area contributed by atoms with E-state index in [1.807, 2.05) is 28.9 Å². The second-order valence-electron chi connectivity index (χ2n) is 4.24. The number of rotatable bonds is 5. The summed E-state index contributed by atoms with van der Waals surface area (Å²) in [5.41, 5.74) is 3.08. The third kappa shape index (κ3) is 3.31. The van der Waals surface area contributed by atoms with Crippen LogP contribution in [0, 0.1) is 0 Å². The third-order valence-electron chi connectivity index (χ3n) is 3.00. The first-order valence-electron chi connectivity index (χ1n) is 6.39. The van der Waals surface area contributed by atoms with Gasteiger partial charge in [0.2, 0.25) is 0 Å². The Kier molecular flexibility index (Phi) is 4.88. The van der Waals surface area contributed by atoms with Crippen LogP contribution in [0.5, 0.6) is 0 Å². The molecule has 2 aromatic rings. The van der Waals surface area contributed by atoms with Gasteiger partial charge in [-0.3, -0.25) is 4.68 Å². The smallest absolute Gasteiger partial charge is 0.0868 e. The molecule has 1 N–H and O–H groups in total. The zero-order valence-corrected chi connectivity index (χ0v) is 13.4. The molecule has 1 heterocycles. The Hall–Kier alpha value is -1.000. The van der Waals surface area contributed by atoms with Gasteiger partial charge in [-0.1, -0.05) is 34.5 Å². The van der Waals surface area contributed by atoms with Crippen molar-refractivity contribution in [2.24, 2.45) is 0 Å². The van der Waals surface area contributed by atoms with Gasteiger partial charge < -0.3 is 5.32 Å². The molecular formula is C14H17BrClN3. The monoisotopic (exact) mass is 341 g/mol. The number of nitrogens with one attached hydrogen (secondary N) is 1. The third-order valence-corrected chi connectivity index (χ3v) is 3.96. The molecule has 0 saturated carbocycles. The van der Waals surface area contributed by atoms with E-state index in [2.05, 4.69) is 40.2 Å². The van der Waals surface area contributed by atoms with E-state index in [1.54, 1.807) is 0 Å². The minimum absolute atomic E-state index is 0.682. The van der Waals surface area contributed by atoms with Gasteiger partial charge in [0.1, 0.15) is 0 Å². The summed E-state index contributed by atoms with van der Waals surface area (Å²) in [7, 11) is 0. The summed E-state index contributed by atoms with van der Waals surface area (Å²) >= 11 is 9.79. The first-order chi connectivity index (χ1) is 9.15. The Balaban J connectivity index is 2.14. The van der Waals surface area contributed by atoms with Gasteiger partial charge in [-0.25, -0.2) is 0 Å². The standard InChI is InChI=1S/C14H17BrClN3/c1-3-12-14(16)13(19(4-2)18-12)9-17-11-7-5-10(15)6-8-11/h5-8,17H,3-4,9H2,1-2H3. The van der Waals surface area contributed by atoms with Crippen molar-refractivity contribution < 1.29 is 0 Å². The van der Waals surface area contributed by atoms with Crippen molar-refractivity contribution in [1.29, 1.82) is 0 Å². The summed E-state index contributed by atoms with van der Waals surface area (Å²) in [5, 5.41) is 8.67. The second-order valence-corrected chi connectivity index (χ2v) is 5.53. The molecule has 0 fully saturated rings. The highest BCUT2D eigenvalue weighted by molar-refractivity contribution is 9.10. The van der Waals surface area contributed by atoms with E-state index in [0.29, 0.717) is 6.54 Å². The number of aryl methyl sites for hydroxylation is 2. The molecule has 2 rings (SSSR count). The Morgan fingerprint density at radius 1 is 1.26 bits per heavy atom. The summed E-state index contributed by atoms with van der Waals surface area (Å²) in [6.07, 6.45) is 0.858. The van der Waals surface area contributed by atoms with E-state index in [4.69, 9.17) is 11.6 Å². The predicted octanol–water partition coefficient (Wildman–Crippen LogP) is 4.49. The average molecular weight is 343 g/mol. The molecule has 0 spiro atoms. The Bertz CT molecular complexity index is 549. The molecule has 102 valence electrons. The maximum Gasteiger partial charge on any atom is 0.0868 e. The highest BCUT2D eigenvalue weighted by Crippen LogP contribution is 2.23. The Morgan fingerprint density at radius 3 is 2.53 bits per heavy atom. The van der Waals surface area contributed by atoms with E-state index in [-0.39, 0.29) is 0 Å². The normalized spacial score (nSPS) is 10.7.